The summed E-state index contributed by atoms with van der Waals surface area (Å²) in [5, 5.41) is 9.65. The molecule has 0 spiro atoms. The summed E-state index contributed by atoms with van der Waals surface area (Å²) in [6.45, 7) is 4.28. The molecule has 0 amide bonds. The van der Waals surface area contributed by atoms with Gasteiger partial charge in [-0.1, -0.05) is 66.4 Å². The SMILES string of the molecule is C=CCn1c(S[C@H](C(=O)c2c[nH]c3ccccc23)c2ccccc2)nnc1[C@H]1CCS(=O)(=O)C1. The van der Waals surface area contributed by atoms with Crippen molar-refractivity contribution < 1.29 is 13.2 Å². The van der Waals surface area contributed by atoms with Crippen LogP contribution in [0.4, 0.5) is 0 Å². The number of hydrogen-bond donors (Lipinski definition) is 1. The third-order valence-electron chi connectivity index (χ3n) is 6.07. The minimum atomic E-state index is -3.07. The first-order valence-electron chi connectivity index (χ1n) is 11.0. The van der Waals surface area contributed by atoms with Crippen molar-refractivity contribution in [1.82, 2.24) is 19.7 Å². The molecular weight excluding hydrogens is 468 g/mol. The Kier molecular flexibility index (Phi) is 6.14. The smallest absolute Gasteiger partial charge is 0.192 e. The molecule has 1 aliphatic heterocycles. The summed E-state index contributed by atoms with van der Waals surface area (Å²) in [7, 11) is -3.07. The molecule has 1 N–H and O–H groups in total. The number of carbonyl (C=O) groups is 1. The Morgan fingerprint density at radius 1 is 1.18 bits per heavy atom. The van der Waals surface area contributed by atoms with E-state index >= 15 is 0 Å². The second-order valence-corrected chi connectivity index (χ2v) is 11.7. The topological polar surface area (TPSA) is 97.7 Å². The van der Waals surface area contributed by atoms with Gasteiger partial charge in [-0.05, 0) is 18.1 Å². The van der Waals surface area contributed by atoms with Gasteiger partial charge in [-0.15, -0.1) is 16.8 Å². The molecule has 0 bridgehead atoms. The number of nitrogens with one attached hydrogen (secondary N) is 1. The molecule has 0 saturated carbocycles. The number of ketones is 1. The van der Waals surface area contributed by atoms with E-state index in [-0.39, 0.29) is 23.2 Å². The number of hydrogen-bond acceptors (Lipinski definition) is 6. The summed E-state index contributed by atoms with van der Waals surface area (Å²) < 4.78 is 26.0. The molecule has 0 radical (unpaired) electrons. The zero-order chi connectivity index (χ0) is 23.7. The zero-order valence-electron chi connectivity index (χ0n) is 18.4. The van der Waals surface area contributed by atoms with Crippen LogP contribution in [0.25, 0.3) is 10.9 Å². The van der Waals surface area contributed by atoms with Gasteiger partial charge in [0, 0.05) is 35.1 Å². The fourth-order valence-electron chi connectivity index (χ4n) is 4.41. The maximum absolute atomic E-state index is 13.8. The van der Waals surface area contributed by atoms with Gasteiger partial charge >= 0.3 is 0 Å². The molecule has 1 aliphatic rings. The van der Waals surface area contributed by atoms with Crippen molar-refractivity contribution in [2.45, 2.75) is 29.3 Å². The molecule has 2 atom stereocenters. The number of rotatable bonds is 8. The van der Waals surface area contributed by atoms with Crippen LogP contribution in [-0.4, -0.2) is 45.5 Å². The van der Waals surface area contributed by atoms with Crippen LogP contribution in [0.15, 0.2) is 78.6 Å². The van der Waals surface area contributed by atoms with Crippen LogP contribution in [0.1, 0.15) is 39.3 Å². The Hall–Kier alpha value is -3.17. The van der Waals surface area contributed by atoms with Crippen molar-refractivity contribution >= 4 is 38.3 Å². The molecule has 7 nitrogen and oxygen atoms in total. The first-order valence-corrected chi connectivity index (χ1v) is 13.7. The summed E-state index contributed by atoms with van der Waals surface area (Å²) in [6.07, 6.45) is 4.02. The largest absolute Gasteiger partial charge is 0.360 e. The predicted molar refractivity (Wildman–Crippen MR) is 134 cm³/mol. The number of nitrogens with zero attached hydrogens (tertiary/aromatic N) is 3. The number of para-hydroxylation sites is 1. The maximum Gasteiger partial charge on any atom is 0.192 e. The highest BCUT2D eigenvalue weighted by Gasteiger charge is 2.34. The van der Waals surface area contributed by atoms with E-state index < -0.39 is 15.1 Å². The second kappa shape index (κ2) is 9.23. The highest BCUT2D eigenvalue weighted by Crippen LogP contribution is 2.40. The molecule has 3 heterocycles. The van der Waals surface area contributed by atoms with Gasteiger partial charge in [0.05, 0.1) is 11.5 Å². The van der Waals surface area contributed by atoms with Crippen molar-refractivity contribution in [2.24, 2.45) is 0 Å². The van der Waals surface area contributed by atoms with Crippen molar-refractivity contribution in [3.8, 4) is 0 Å². The van der Waals surface area contributed by atoms with E-state index in [9.17, 15) is 13.2 Å². The lowest BCUT2D eigenvalue weighted by atomic mass is 10.0. The lowest BCUT2D eigenvalue weighted by molar-refractivity contribution is 0.0991. The van der Waals surface area contributed by atoms with Gasteiger partial charge in [0.15, 0.2) is 20.8 Å². The van der Waals surface area contributed by atoms with Gasteiger partial charge in [0.2, 0.25) is 0 Å². The van der Waals surface area contributed by atoms with E-state index in [1.54, 1.807) is 12.3 Å². The monoisotopic (exact) mass is 492 g/mol. The van der Waals surface area contributed by atoms with Crippen LogP contribution in [-0.2, 0) is 16.4 Å². The van der Waals surface area contributed by atoms with Gasteiger partial charge in [0.25, 0.3) is 0 Å². The number of sulfone groups is 1. The molecule has 0 unspecified atom stereocenters. The number of Topliss-reactive ketones (excluding diaryl/α,β-unsaturated/α-hetero) is 1. The molecule has 1 fully saturated rings. The van der Waals surface area contributed by atoms with Crippen molar-refractivity contribution in [3.63, 3.8) is 0 Å². The summed E-state index contributed by atoms with van der Waals surface area (Å²) in [6, 6.07) is 17.3. The third kappa shape index (κ3) is 4.33. The molecule has 2 aromatic carbocycles. The van der Waals surface area contributed by atoms with Gasteiger partial charge in [-0.2, -0.15) is 0 Å². The molecule has 5 rings (SSSR count). The normalized spacial score (nSPS) is 18.2. The first-order chi connectivity index (χ1) is 16.5. The Morgan fingerprint density at radius 3 is 2.68 bits per heavy atom. The van der Waals surface area contributed by atoms with E-state index in [0.29, 0.717) is 29.5 Å². The number of H-pyrrole nitrogens is 1. The standard InChI is InChI=1S/C25H24N4O3S2/c1-2-13-29-24(18-12-14-34(31,32)16-18)27-28-25(29)33-23(17-8-4-3-5-9-17)22(30)20-15-26-21-11-7-6-10-19(20)21/h2-11,15,18,23,26H,1,12-14,16H2/t18-,23-/m0/s1. The van der Waals surface area contributed by atoms with E-state index in [1.807, 2.05) is 59.2 Å². The zero-order valence-corrected chi connectivity index (χ0v) is 20.1. The van der Waals surface area contributed by atoms with Crippen LogP contribution >= 0.6 is 11.8 Å². The van der Waals surface area contributed by atoms with E-state index in [1.165, 1.54) is 11.8 Å². The maximum atomic E-state index is 13.8. The summed E-state index contributed by atoms with van der Waals surface area (Å²) in [5.41, 5.74) is 2.39. The third-order valence-corrected chi connectivity index (χ3v) is 9.08. The van der Waals surface area contributed by atoms with Crippen LogP contribution in [0.3, 0.4) is 0 Å². The average molecular weight is 493 g/mol. The fraction of sp³-hybridized carbons (Fsp3) is 0.240. The summed E-state index contributed by atoms with van der Waals surface area (Å²) >= 11 is 1.33. The number of aromatic nitrogens is 4. The molecule has 34 heavy (non-hydrogen) atoms. The van der Waals surface area contributed by atoms with E-state index in [0.717, 1.165) is 16.5 Å². The quantitative estimate of drug-likeness (QED) is 0.220. The van der Waals surface area contributed by atoms with Crippen LogP contribution in [0.2, 0.25) is 0 Å². The van der Waals surface area contributed by atoms with Crippen molar-refractivity contribution in [2.75, 3.05) is 11.5 Å². The van der Waals surface area contributed by atoms with Crippen molar-refractivity contribution in [1.29, 1.82) is 0 Å². The summed E-state index contributed by atoms with van der Waals surface area (Å²) in [4.78, 5) is 17.0. The lowest BCUT2D eigenvalue weighted by Gasteiger charge is -2.17. The molecule has 2 aromatic heterocycles. The van der Waals surface area contributed by atoms with E-state index in [4.69, 9.17) is 0 Å². The average Bonchev–Trinajstić information content (AvgIpc) is 3.54. The van der Waals surface area contributed by atoms with Crippen LogP contribution < -0.4 is 0 Å². The number of thioether (sulfide) groups is 1. The molecule has 1 saturated heterocycles. The minimum Gasteiger partial charge on any atom is -0.360 e. The van der Waals surface area contributed by atoms with Gasteiger partial charge in [0.1, 0.15) is 11.1 Å². The van der Waals surface area contributed by atoms with Gasteiger partial charge in [-0.25, -0.2) is 8.42 Å². The molecule has 174 valence electrons. The van der Waals surface area contributed by atoms with Crippen LogP contribution in [0, 0.1) is 0 Å². The Balaban J connectivity index is 1.54. The Labute approximate surface area is 202 Å². The highest BCUT2D eigenvalue weighted by molar-refractivity contribution is 8.00. The highest BCUT2D eigenvalue weighted by atomic mass is 32.2. The Morgan fingerprint density at radius 2 is 1.94 bits per heavy atom. The summed E-state index contributed by atoms with van der Waals surface area (Å²) in [5.74, 6) is 0.628. The molecule has 0 aliphatic carbocycles. The second-order valence-electron chi connectivity index (χ2n) is 8.36. The molecule has 9 heteroatoms. The Bertz CT molecular complexity index is 1460. The fourth-order valence-corrected chi connectivity index (χ4v) is 7.27. The van der Waals surface area contributed by atoms with E-state index in [2.05, 4.69) is 21.8 Å². The lowest BCUT2D eigenvalue weighted by Crippen LogP contribution is -2.13. The number of fused-ring (bicyclic) bond motifs is 1. The minimum absolute atomic E-state index is 0.0354. The number of allylic oxidation sites excluding steroid dienone is 1. The predicted octanol–water partition coefficient (Wildman–Crippen LogP) is 4.56. The number of carbonyl (C=O) groups excluding carboxylic acids is 1. The van der Waals surface area contributed by atoms with Gasteiger partial charge < -0.3 is 9.55 Å². The number of benzene rings is 2. The number of aromatic amines is 1. The van der Waals surface area contributed by atoms with Crippen LogP contribution in [0.5, 0.6) is 0 Å². The first kappa shape index (κ1) is 22.6. The van der Waals surface area contributed by atoms with Crippen molar-refractivity contribution in [3.05, 3.63) is 90.4 Å². The molecule has 4 aromatic rings. The molecular formula is C25H24N4O3S2. The van der Waals surface area contributed by atoms with Gasteiger partial charge in [-0.3, -0.25) is 4.79 Å².